The molecule has 0 fully saturated rings. The lowest BCUT2D eigenvalue weighted by molar-refractivity contribution is -0.121. The van der Waals surface area contributed by atoms with E-state index in [9.17, 15) is 18.0 Å². The van der Waals surface area contributed by atoms with Crippen LogP contribution in [0.1, 0.15) is 23.7 Å². The summed E-state index contributed by atoms with van der Waals surface area (Å²) in [7, 11) is -1.48. The number of Topliss-reactive ketones (excluding diaryl/α,β-unsaturated/α-hetero) is 1. The van der Waals surface area contributed by atoms with E-state index in [0.717, 1.165) is 6.26 Å². The standard InChI is InChI=1S/C16H22N2O6S/c1-11(18(2)9-17-15(19)6-7-25(3,21)22)16(20)12-4-5-13-14(8-12)24-10-23-13/h4-5,8,11H,6-7,9-10H2,1-3H3,(H,17,19). The highest BCUT2D eigenvalue weighted by Crippen LogP contribution is 2.32. The van der Waals surface area contributed by atoms with Gasteiger partial charge in [0.1, 0.15) is 9.84 Å². The molecule has 8 nitrogen and oxygen atoms in total. The second kappa shape index (κ2) is 7.83. The van der Waals surface area contributed by atoms with E-state index in [1.165, 1.54) is 0 Å². The van der Waals surface area contributed by atoms with Crippen molar-refractivity contribution in [3.8, 4) is 11.5 Å². The highest BCUT2D eigenvalue weighted by atomic mass is 32.2. The normalized spacial score (nSPS) is 14.4. The molecule has 0 saturated carbocycles. The lowest BCUT2D eigenvalue weighted by atomic mass is 10.0. The zero-order valence-electron chi connectivity index (χ0n) is 14.4. The van der Waals surface area contributed by atoms with Crippen molar-refractivity contribution in [3.05, 3.63) is 23.8 Å². The van der Waals surface area contributed by atoms with Gasteiger partial charge in [0.25, 0.3) is 0 Å². The van der Waals surface area contributed by atoms with Crippen LogP contribution < -0.4 is 14.8 Å². The van der Waals surface area contributed by atoms with E-state index in [0.29, 0.717) is 17.1 Å². The smallest absolute Gasteiger partial charge is 0.231 e. The molecule has 2 rings (SSSR count). The Morgan fingerprint density at radius 1 is 1.28 bits per heavy atom. The third-order valence-corrected chi connectivity index (χ3v) is 4.87. The highest BCUT2D eigenvalue weighted by molar-refractivity contribution is 7.90. The molecule has 1 amide bonds. The summed E-state index contributed by atoms with van der Waals surface area (Å²) in [6, 6.07) is 4.52. The van der Waals surface area contributed by atoms with Gasteiger partial charge in [-0.1, -0.05) is 0 Å². The van der Waals surface area contributed by atoms with Crippen molar-refractivity contribution in [2.45, 2.75) is 19.4 Å². The Balaban J connectivity index is 1.87. The summed E-state index contributed by atoms with van der Waals surface area (Å²) in [6.45, 7) is 2.01. The Kier molecular flexibility index (Phi) is 6.02. The van der Waals surface area contributed by atoms with Crippen LogP contribution in [-0.4, -0.2) is 63.6 Å². The monoisotopic (exact) mass is 370 g/mol. The van der Waals surface area contributed by atoms with Crippen molar-refractivity contribution in [2.24, 2.45) is 0 Å². The van der Waals surface area contributed by atoms with Gasteiger partial charge in [0, 0.05) is 18.2 Å². The van der Waals surface area contributed by atoms with Crippen LogP contribution in [0.5, 0.6) is 11.5 Å². The van der Waals surface area contributed by atoms with Crippen LogP contribution in [0.3, 0.4) is 0 Å². The Bertz CT molecular complexity index is 762. The van der Waals surface area contributed by atoms with Crippen LogP contribution in [0.4, 0.5) is 0 Å². The molecular formula is C16H22N2O6S. The summed E-state index contributed by atoms with van der Waals surface area (Å²) in [5, 5.41) is 2.61. The molecule has 1 aliphatic heterocycles. The number of carbonyl (C=O) groups is 2. The molecular weight excluding hydrogens is 348 g/mol. The number of carbonyl (C=O) groups excluding carboxylic acids is 2. The van der Waals surface area contributed by atoms with E-state index in [1.807, 2.05) is 0 Å². The second-order valence-electron chi connectivity index (χ2n) is 6.00. The number of likely N-dealkylation sites (N-methyl/N-ethyl adjacent to an activating group) is 1. The average Bonchev–Trinajstić information content (AvgIpc) is 3.03. The summed E-state index contributed by atoms with van der Waals surface area (Å²) >= 11 is 0. The maximum absolute atomic E-state index is 12.6. The summed E-state index contributed by atoms with van der Waals surface area (Å²) < 4.78 is 32.6. The lowest BCUT2D eigenvalue weighted by Crippen LogP contribution is -2.43. The van der Waals surface area contributed by atoms with Crippen LogP contribution in [-0.2, 0) is 14.6 Å². The van der Waals surface area contributed by atoms with E-state index >= 15 is 0 Å². The third-order valence-electron chi connectivity index (χ3n) is 3.92. The van der Waals surface area contributed by atoms with Gasteiger partial charge in [-0.05, 0) is 32.2 Å². The summed E-state index contributed by atoms with van der Waals surface area (Å²) in [5.41, 5.74) is 0.493. The van der Waals surface area contributed by atoms with Gasteiger partial charge in [0.2, 0.25) is 12.7 Å². The number of ether oxygens (including phenoxy) is 2. The molecule has 0 aliphatic carbocycles. The predicted octanol–water partition coefficient (Wildman–Crippen LogP) is 0.427. The number of fused-ring (bicyclic) bond motifs is 1. The second-order valence-corrected chi connectivity index (χ2v) is 8.26. The highest BCUT2D eigenvalue weighted by Gasteiger charge is 2.23. The quantitative estimate of drug-likeness (QED) is 0.523. The van der Waals surface area contributed by atoms with Gasteiger partial charge in [-0.3, -0.25) is 14.5 Å². The molecule has 138 valence electrons. The minimum absolute atomic E-state index is 0.100. The molecule has 1 unspecified atom stereocenters. The fourth-order valence-corrected chi connectivity index (χ4v) is 2.76. The Morgan fingerprint density at radius 2 is 1.96 bits per heavy atom. The molecule has 9 heteroatoms. The number of hydrogen-bond acceptors (Lipinski definition) is 7. The summed E-state index contributed by atoms with van der Waals surface area (Å²) in [5.74, 6) is 0.450. The number of benzene rings is 1. The first-order valence-corrected chi connectivity index (χ1v) is 9.82. The molecule has 0 aromatic heterocycles. The lowest BCUT2D eigenvalue weighted by Gasteiger charge is -2.24. The van der Waals surface area contributed by atoms with Crippen molar-refractivity contribution in [1.82, 2.24) is 10.2 Å². The fourth-order valence-electron chi connectivity index (χ4n) is 2.21. The zero-order valence-corrected chi connectivity index (χ0v) is 15.3. The van der Waals surface area contributed by atoms with Gasteiger partial charge in [-0.25, -0.2) is 8.42 Å². The van der Waals surface area contributed by atoms with E-state index < -0.39 is 15.9 Å². The fraction of sp³-hybridized carbons (Fsp3) is 0.500. The Labute approximate surface area is 147 Å². The molecule has 0 bridgehead atoms. The SMILES string of the molecule is CC(C(=O)c1ccc2c(c1)OCO2)N(C)CNC(=O)CCS(C)(=O)=O. The molecule has 1 N–H and O–H groups in total. The molecule has 1 aromatic carbocycles. The van der Waals surface area contributed by atoms with E-state index in [1.54, 1.807) is 37.1 Å². The van der Waals surface area contributed by atoms with Gasteiger partial charge in [-0.15, -0.1) is 0 Å². The molecule has 0 spiro atoms. The predicted molar refractivity (Wildman–Crippen MR) is 91.5 cm³/mol. The zero-order chi connectivity index (χ0) is 18.6. The summed E-state index contributed by atoms with van der Waals surface area (Å²) in [4.78, 5) is 25.9. The molecule has 0 saturated heterocycles. The van der Waals surface area contributed by atoms with E-state index in [2.05, 4.69) is 5.32 Å². The van der Waals surface area contributed by atoms with Gasteiger partial charge in [0.05, 0.1) is 18.5 Å². The molecule has 1 atom stereocenters. The van der Waals surface area contributed by atoms with Gasteiger partial charge in [-0.2, -0.15) is 0 Å². The number of nitrogens with one attached hydrogen (secondary N) is 1. The average molecular weight is 370 g/mol. The number of nitrogens with zero attached hydrogens (tertiary/aromatic N) is 1. The van der Waals surface area contributed by atoms with Crippen molar-refractivity contribution < 1.29 is 27.5 Å². The van der Waals surface area contributed by atoms with Crippen molar-refractivity contribution in [3.63, 3.8) is 0 Å². The molecule has 25 heavy (non-hydrogen) atoms. The Hall–Kier alpha value is -2.13. The number of rotatable bonds is 8. The van der Waals surface area contributed by atoms with Gasteiger partial charge >= 0.3 is 0 Å². The Morgan fingerprint density at radius 3 is 2.64 bits per heavy atom. The van der Waals surface area contributed by atoms with Crippen LogP contribution in [0.2, 0.25) is 0 Å². The first kappa shape index (κ1) is 19.2. The van der Waals surface area contributed by atoms with Crippen LogP contribution in [0.15, 0.2) is 18.2 Å². The van der Waals surface area contributed by atoms with Crippen molar-refractivity contribution >= 4 is 21.5 Å². The van der Waals surface area contributed by atoms with Crippen LogP contribution >= 0.6 is 0 Å². The first-order valence-electron chi connectivity index (χ1n) is 7.76. The van der Waals surface area contributed by atoms with Gasteiger partial charge < -0.3 is 14.8 Å². The number of ketones is 1. The minimum atomic E-state index is -3.18. The van der Waals surface area contributed by atoms with Crippen LogP contribution in [0.25, 0.3) is 0 Å². The number of amides is 1. The number of sulfone groups is 1. The van der Waals surface area contributed by atoms with E-state index in [-0.39, 0.29) is 37.3 Å². The minimum Gasteiger partial charge on any atom is -0.454 e. The number of hydrogen-bond donors (Lipinski definition) is 1. The van der Waals surface area contributed by atoms with Crippen LogP contribution in [0, 0.1) is 0 Å². The maximum atomic E-state index is 12.6. The van der Waals surface area contributed by atoms with Crippen molar-refractivity contribution in [2.75, 3.05) is 32.5 Å². The van der Waals surface area contributed by atoms with Crippen molar-refractivity contribution in [1.29, 1.82) is 0 Å². The molecule has 1 aromatic rings. The largest absolute Gasteiger partial charge is 0.454 e. The molecule has 0 radical (unpaired) electrons. The maximum Gasteiger partial charge on any atom is 0.231 e. The summed E-state index contributed by atoms with van der Waals surface area (Å²) in [6.07, 6.45) is 0.982. The topological polar surface area (TPSA) is 102 Å². The third kappa shape index (κ3) is 5.43. The first-order chi connectivity index (χ1) is 11.7. The van der Waals surface area contributed by atoms with E-state index in [4.69, 9.17) is 9.47 Å². The van der Waals surface area contributed by atoms with Gasteiger partial charge in [0.15, 0.2) is 17.3 Å². The molecule has 1 aliphatic rings. The molecule has 1 heterocycles.